The predicted octanol–water partition coefficient (Wildman–Crippen LogP) is 0.291. The lowest BCUT2D eigenvalue weighted by atomic mass is 10.1. The lowest BCUT2D eigenvalue weighted by Gasteiger charge is -2.36. The molecule has 1 aliphatic heterocycles. The van der Waals surface area contributed by atoms with Crippen LogP contribution in [0.25, 0.3) is 0 Å². The number of hydrogen-bond donors (Lipinski definition) is 2. The van der Waals surface area contributed by atoms with Gasteiger partial charge in [0.05, 0.1) is 12.1 Å². The maximum absolute atomic E-state index is 11.7. The van der Waals surface area contributed by atoms with E-state index in [0.29, 0.717) is 13.1 Å². The van der Waals surface area contributed by atoms with E-state index in [1.54, 1.807) is 0 Å². The van der Waals surface area contributed by atoms with Crippen molar-refractivity contribution in [1.29, 1.82) is 0 Å². The van der Waals surface area contributed by atoms with E-state index in [4.69, 9.17) is 0 Å². The van der Waals surface area contributed by atoms with Gasteiger partial charge in [0.15, 0.2) is 0 Å². The minimum absolute atomic E-state index is 0.129. The van der Waals surface area contributed by atoms with Gasteiger partial charge in [-0.2, -0.15) is 0 Å². The molecule has 2 N–H and O–H groups in total. The maximum atomic E-state index is 11.7. The molecule has 5 heteroatoms. The molecule has 1 fully saturated rings. The van der Waals surface area contributed by atoms with Gasteiger partial charge in [-0.25, -0.2) is 0 Å². The summed E-state index contributed by atoms with van der Waals surface area (Å²) < 4.78 is 0. The zero-order valence-corrected chi connectivity index (χ0v) is 12.6. The van der Waals surface area contributed by atoms with E-state index in [0.717, 1.165) is 45.6 Å². The average molecular weight is 271 g/mol. The van der Waals surface area contributed by atoms with Gasteiger partial charge >= 0.3 is 0 Å². The normalized spacial score (nSPS) is 18.5. The molecule has 0 unspecified atom stereocenters. The number of amides is 1. The Labute approximate surface area is 117 Å². The molecule has 0 aliphatic carbocycles. The van der Waals surface area contributed by atoms with Crippen LogP contribution < -0.4 is 5.32 Å². The molecule has 0 atom stereocenters. The molecule has 19 heavy (non-hydrogen) atoms. The molecule has 1 amide bonds. The monoisotopic (exact) mass is 271 g/mol. The molecule has 5 nitrogen and oxygen atoms in total. The molecule has 112 valence electrons. The highest BCUT2D eigenvalue weighted by Gasteiger charge is 2.23. The first-order valence-electron chi connectivity index (χ1n) is 7.34. The zero-order valence-electron chi connectivity index (χ0n) is 12.6. The molecule has 0 aromatic rings. The van der Waals surface area contributed by atoms with Crippen molar-refractivity contribution in [3.05, 3.63) is 0 Å². The van der Waals surface area contributed by atoms with Gasteiger partial charge in [0.1, 0.15) is 0 Å². The van der Waals surface area contributed by atoms with E-state index in [9.17, 15) is 9.90 Å². The Morgan fingerprint density at radius 3 is 2.32 bits per heavy atom. The largest absolute Gasteiger partial charge is 0.389 e. The SMILES string of the molecule is CCCCNC(=O)CN1CCN(CC(C)(C)O)CC1. The highest BCUT2D eigenvalue weighted by Crippen LogP contribution is 2.08. The first-order valence-corrected chi connectivity index (χ1v) is 7.34. The second-order valence-electron chi connectivity index (χ2n) is 6.07. The molecule has 0 aromatic carbocycles. The van der Waals surface area contributed by atoms with Crippen LogP contribution in [0.15, 0.2) is 0 Å². The second-order valence-corrected chi connectivity index (χ2v) is 6.07. The summed E-state index contributed by atoms with van der Waals surface area (Å²) >= 11 is 0. The molecule has 0 spiro atoms. The summed E-state index contributed by atoms with van der Waals surface area (Å²) in [6, 6.07) is 0. The molecule has 1 heterocycles. The van der Waals surface area contributed by atoms with Crippen LogP contribution in [-0.2, 0) is 4.79 Å². The van der Waals surface area contributed by atoms with Crippen LogP contribution in [-0.4, -0.2) is 72.2 Å². The van der Waals surface area contributed by atoms with E-state index in [1.165, 1.54) is 0 Å². The zero-order chi connectivity index (χ0) is 14.3. The Hall–Kier alpha value is -0.650. The molecule has 0 aromatic heterocycles. The third-order valence-electron chi connectivity index (χ3n) is 3.30. The fourth-order valence-electron chi connectivity index (χ4n) is 2.32. The van der Waals surface area contributed by atoms with Crippen LogP contribution in [0.3, 0.4) is 0 Å². The van der Waals surface area contributed by atoms with E-state index in [-0.39, 0.29) is 5.91 Å². The van der Waals surface area contributed by atoms with Gasteiger partial charge in [0.2, 0.25) is 5.91 Å². The Morgan fingerprint density at radius 2 is 1.79 bits per heavy atom. The van der Waals surface area contributed by atoms with E-state index in [2.05, 4.69) is 22.0 Å². The molecular weight excluding hydrogens is 242 g/mol. The standard InChI is InChI=1S/C14H29N3O2/c1-4-5-6-15-13(18)11-16-7-9-17(10-8-16)12-14(2,3)19/h19H,4-12H2,1-3H3,(H,15,18). The van der Waals surface area contributed by atoms with Crippen molar-refractivity contribution in [3.63, 3.8) is 0 Å². The molecule has 1 saturated heterocycles. The van der Waals surface area contributed by atoms with Gasteiger partial charge in [-0.05, 0) is 20.3 Å². The van der Waals surface area contributed by atoms with E-state index in [1.807, 2.05) is 13.8 Å². The number of β-amino-alcohol motifs (C(OH)–C–C–N with tert-alkyl or cyclic N) is 1. The number of unbranched alkanes of at least 4 members (excludes halogenated alkanes) is 1. The van der Waals surface area contributed by atoms with Crippen molar-refractivity contribution in [1.82, 2.24) is 15.1 Å². The first kappa shape index (κ1) is 16.4. The van der Waals surface area contributed by atoms with Gasteiger partial charge in [0, 0.05) is 39.3 Å². The third-order valence-corrected chi connectivity index (χ3v) is 3.30. The van der Waals surface area contributed by atoms with E-state index < -0.39 is 5.60 Å². The van der Waals surface area contributed by atoms with E-state index >= 15 is 0 Å². The van der Waals surface area contributed by atoms with Crippen LogP contribution in [0.4, 0.5) is 0 Å². The Kier molecular flexibility index (Phi) is 6.75. The average Bonchev–Trinajstić information content (AvgIpc) is 2.30. The number of rotatable bonds is 7. The first-order chi connectivity index (χ1) is 8.90. The van der Waals surface area contributed by atoms with Gasteiger partial charge in [-0.3, -0.25) is 14.6 Å². The highest BCUT2D eigenvalue weighted by molar-refractivity contribution is 5.77. The minimum atomic E-state index is -0.639. The fraction of sp³-hybridized carbons (Fsp3) is 0.929. The molecule has 0 saturated carbocycles. The predicted molar refractivity (Wildman–Crippen MR) is 77.1 cm³/mol. The van der Waals surface area contributed by atoms with Crippen LogP contribution in [0.2, 0.25) is 0 Å². The fourth-order valence-corrected chi connectivity index (χ4v) is 2.32. The number of hydrogen-bond acceptors (Lipinski definition) is 4. The Balaban J connectivity index is 2.17. The smallest absolute Gasteiger partial charge is 0.234 e. The highest BCUT2D eigenvalue weighted by atomic mass is 16.3. The van der Waals surface area contributed by atoms with Gasteiger partial charge in [-0.15, -0.1) is 0 Å². The Morgan fingerprint density at radius 1 is 1.21 bits per heavy atom. The van der Waals surface area contributed by atoms with Crippen molar-refractivity contribution in [2.24, 2.45) is 0 Å². The molecule has 0 bridgehead atoms. The van der Waals surface area contributed by atoms with Gasteiger partial charge < -0.3 is 10.4 Å². The summed E-state index contributed by atoms with van der Waals surface area (Å²) in [5.74, 6) is 0.129. The maximum Gasteiger partial charge on any atom is 0.234 e. The van der Waals surface area contributed by atoms with Crippen molar-refractivity contribution >= 4 is 5.91 Å². The third kappa shape index (κ3) is 7.50. The van der Waals surface area contributed by atoms with Gasteiger partial charge in [-0.1, -0.05) is 13.3 Å². The quantitative estimate of drug-likeness (QED) is 0.654. The number of carbonyl (C=O) groups is 1. The second kappa shape index (κ2) is 7.82. The summed E-state index contributed by atoms with van der Waals surface area (Å²) in [4.78, 5) is 16.1. The lowest BCUT2D eigenvalue weighted by Crippen LogP contribution is -2.52. The van der Waals surface area contributed by atoms with Crippen LogP contribution in [0.5, 0.6) is 0 Å². The number of nitrogens with zero attached hydrogens (tertiary/aromatic N) is 2. The minimum Gasteiger partial charge on any atom is -0.389 e. The Bertz CT molecular complexity index is 268. The van der Waals surface area contributed by atoms with Crippen molar-refractivity contribution in [2.75, 3.05) is 45.8 Å². The summed E-state index contributed by atoms with van der Waals surface area (Å²) in [5, 5.41) is 12.7. The summed E-state index contributed by atoms with van der Waals surface area (Å²) in [6.45, 7) is 11.4. The summed E-state index contributed by atoms with van der Waals surface area (Å²) in [7, 11) is 0. The summed E-state index contributed by atoms with van der Waals surface area (Å²) in [5.41, 5.74) is -0.639. The van der Waals surface area contributed by atoms with Crippen molar-refractivity contribution in [2.45, 2.75) is 39.2 Å². The molecule has 0 radical (unpaired) electrons. The number of piperazine rings is 1. The van der Waals surface area contributed by atoms with Crippen LogP contribution in [0.1, 0.15) is 33.6 Å². The number of nitrogens with one attached hydrogen (secondary N) is 1. The molecule has 1 aliphatic rings. The van der Waals surface area contributed by atoms with Crippen molar-refractivity contribution in [3.8, 4) is 0 Å². The van der Waals surface area contributed by atoms with Crippen molar-refractivity contribution < 1.29 is 9.90 Å². The number of aliphatic hydroxyl groups is 1. The number of carbonyl (C=O) groups excluding carboxylic acids is 1. The topological polar surface area (TPSA) is 55.8 Å². The van der Waals surface area contributed by atoms with Crippen LogP contribution >= 0.6 is 0 Å². The molecule has 1 rings (SSSR count). The van der Waals surface area contributed by atoms with Crippen LogP contribution in [0, 0.1) is 0 Å². The summed E-state index contributed by atoms with van der Waals surface area (Å²) in [6.07, 6.45) is 2.15. The van der Waals surface area contributed by atoms with Gasteiger partial charge in [0.25, 0.3) is 0 Å². The molecular formula is C14H29N3O2. The lowest BCUT2D eigenvalue weighted by molar-refractivity contribution is -0.122.